The maximum Gasteiger partial charge on any atom is 0.0594 e. The smallest absolute Gasteiger partial charge is 0.0594 e. The average molecular weight is 220 g/mol. The maximum absolute atomic E-state index is 5.87. The minimum absolute atomic E-state index is 0.450. The predicted octanol–water partition coefficient (Wildman–Crippen LogP) is 0.889. The lowest BCUT2D eigenvalue weighted by Gasteiger charge is -2.33. The Bertz CT molecular complexity index is 296. The van der Waals surface area contributed by atoms with Crippen molar-refractivity contribution in [3.8, 4) is 0 Å². The summed E-state index contributed by atoms with van der Waals surface area (Å²) >= 11 is 0. The predicted molar refractivity (Wildman–Crippen MR) is 65.4 cm³/mol. The fraction of sp³-hybridized carbons (Fsp3) is 0.538. The summed E-state index contributed by atoms with van der Waals surface area (Å²) in [7, 11) is 0. The van der Waals surface area contributed by atoms with Crippen molar-refractivity contribution in [2.24, 2.45) is 5.73 Å². The molecule has 88 valence electrons. The molecule has 1 aliphatic heterocycles. The van der Waals surface area contributed by atoms with E-state index in [-0.39, 0.29) is 0 Å². The van der Waals surface area contributed by atoms with Crippen molar-refractivity contribution in [2.75, 3.05) is 32.8 Å². The maximum atomic E-state index is 5.87. The molecule has 1 saturated heterocycles. The van der Waals surface area contributed by atoms with E-state index in [0.717, 1.165) is 39.3 Å². The van der Waals surface area contributed by atoms with Crippen molar-refractivity contribution in [1.29, 1.82) is 0 Å². The molecule has 16 heavy (non-hydrogen) atoms. The standard InChI is InChI=1S/C13H20N2O/c14-11-13(15-6-8-16-9-7-15)10-12-4-2-1-3-5-12/h1-5,13H,6-11,14H2/t13-/m0/s1. The summed E-state index contributed by atoms with van der Waals surface area (Å²) in [6.07, 6.45) is 1.04. The Hall–Kier alpha value is -0.900. The summed E-state index contributed by atoms with van der Waals surface area (Å²) in [6.45, 7) is 4.41. The first-order valence-corrected chi connectivity index (χ1v) is 5.96. The minimum Gasteiger partial charge on any atom is -0.379 e. The molecule has 2 N–H and O–H groups in total. The lowest BCUT2D eigenvalue weighted by molar-refractivity contribution is 0.0184. The van der Waals surface area contributed by atoms with Crippen LogP contribution in [0.15, 0.2) is 30.3 Å². The second-order valence-corrected chi connectivity index (χ2v) is 4.23. The summed E-state index contributed by atoms with van der Waals surface area (Å²) in [5, 5.41) is 0. The molecule has 0 radical (unpaired) electrons. The fourth-order valence-electron chi connectivity index (χ4n) is 2.19. The molecule has 1 atom stereocenters. The number of hydrogen-bond donors (Lipinski definition) is 1. The van der Waals surface area contributed by atoms with Crippen LogP contribution in [0.1, 0.15) is 5.56 Å². The van der Waals surface area contributed by atoms with Crippen LogP contribution in [0.3, 0.4) is 0 Å². The van der Waals surface area contributed by atoms with Crippen LogP contribution in [-0.4, -0.2) is 43.8 Å². The van der Waals surface area contributed by atoms with E-state index in [2.05, 4.69) is 35.2 Å². The van der Waals surface area contributed by atoms with Gasteiger partial charge in [0, 0.05) is 25.7 Å². The van der Waals surface area contributed by atoms with Crippen molar-refractivity contribution < 1.29 is 4.74 Å². The number of nitrogens with zero attached hydrogens (tertiary/aromatic N) is 1. The molecule has 3 nitrogen and oxygen atoms in total. The highest BCUT2D eigenvalue weighted by Gasteiger charge is 2.19. The molecule has 1 aromatic carbocycles. The van der Waals surface area contributed by atoms with Crippen LogP contribution in [0.5, 0.6) is 0 Å². The van der Waals surface area contributed by atoms with Gasteiger partial charge in [0.1, 0.15) is 0 Å². The topological polar surface area (TPSA) is 38.5 Å². The lowest BCUT2D eigenvalue weighted by Crippen LogP contribution is -2.47. The first-order chi connectivity index (χ1) is 7.90. The van der Waals surface area contributed by atoms with E-state index in [0.29, 0.717) is 6.04 Å². The van der Waals surface area contributed by atoms with Crippen molar-refractivity contribution in [1.82, 2.24) is 4.90 Å². The SMILES string of the molecule is NC[C@H](Cc1ccccc1)N1CCOCC1. The monoisotopic (exact) mass is 220 g/mol. The van der Waals surface area contributed by atoms with Crippen LogP contribution < -0.4 is 5.73 Å². The first kappa shape index (κ1) is 11.6. The molecule has 0 amide bonds. The van der Waals surface area contributed by atoms with Gasteiger partial charge >= 0.3 is 0 Å². The fourth-order valence-corrected chi connectivity index (χ4v) is 2.19. The number of rotatable bonds is 4. The zero-order chi connectivity index (χ0) is 11.2. The Morgan fingerprint density at radius 2 is 1.88 bits per heavy atom. The number of benzene rings is 1. The summed E-state index contributed by atoms with van der Waals surface area (Å²) in [5.74, 6) is 0. The molecule has 0 bridgehead atoms. The van der Waals surface area contributed by atoms with E-state index in [4.69, 9.17) is 10.5 Å². The number of hydrogen-bond acceptors (Lipinski definition) is 3. The van der Waals surface area contributed by atoms with E-state index in [9.17, 15) is 0 Å². The zero-order valence-corrected chi connectivity index (χ0v) is 9.64. The second-order valence-electron chi connectivity index (χ2n) is 4.23. The Balaban J connectivity index is 1.94. The van der Waals surface area contributed by atoms with Crippen LogP contribution in [0, 0.1) is 0 Å². The Kier molecular flexibility index (Phi) is 4.34. The molecule has 1 heterocycles. The molecule has 1 aliphatic rings. The van der Waals surface area contributed by atoms with Gasteiger partial charge in [0.15, 0.2) is 0 Å². The van der Waals surface area contributed by atoms with Gasteiger partial charge in [0.2, 0.25) is 0 Å². The van der Waals surface area contributed by atoms with Crippen molar-refractivity contribution in [3.63, 3.8) is 0 Å². The van der Waals surface area contributed by atoms with Gasteiger partial charge in [0.05, 0.1) is 13.2 Å². The Morgan fingerprint density at radius 1 is 1.19 bits per heavy atom. The molecule has 0 aliphatic carbocycles. The second kappa shape index (κ2) is 5.99. The minimum atomic E-state index is 0.450. The van der Waals surface area contributed by atoms with E-state index in [1.165, 1.54) is 5.56 Å². The third-order valence-corrected chi connectivity index (χ3v) is 3.15. The largest absolute Gasteiger partial charge is 0.379 e. The summed E-state index contributed by atoms with van der Waals surface area (Å²) in [4.78, 5) is 2.44. The van der Waals surface area contributed by atoms with E-state index in [1.807, 2.05) is 0 Å². The van der Waals surface area contributed by atoms with Gasteiger partial charge in [-0.25, -0.2) is 0 Å². The van der Waals surface area contributed by atoms with Crippen molar-refractivity contribution in [2.45, 2.75) is 12.5 Å². The van der Waals surface area contributed by atoms with Gasteiger partial charge in [-0.1, -0.05) is 30.3 Å². The molecule has 1 aromatic rings. The third-order valence-electron chi connectivity index (χ3n) is 3.15. The molecule has 0 saturated carbocycles. The van der Waals surface area contributed by atoms with E-state index < -0.39 is 0 Å². The van der Waals surface area contributed by atoms with Gasteiger partial charge in [-0.15, -0.1) is 0 Å². The van der Waals surface area contributed by atoms with Gasteiger partial charge in [-0.05, 0) is 12.0 Å². The molecule has 3 heteroatoms. The summed E-state index contributed by atoms with van der Waals surface area (Å²) < 4.78 is 5.36. The van der Waals surface area contributed by atoms with Crippen molar-refractivity contribution >= 4 is 0 Å². The van der Waals surface area contributed by atoms with Crippen molar-refractivity contribution in [3.05, 3.63) is 35.9 Å². The first-order valence-electron chi connectivity index (χ1n) is 5.96. The van der Waals surface area contributed by atoms with Crippen LogP contribution in [0.4, 0.5) is 0 Å². The third kappa shape index (κ3) is 3.04. The zero-order valence-electron chi connectivity index (χ0n) is 9.64. The number of ether oxygens (including phenoxy) is 1. The normalized spacial score (nSPS) is 19.6. The average Bonchev–Trinajstić information content (AvgIpc) is 2.38. The molecule has 0 unspecified atom stereocenters. The highest BCUT2D eigenvalue weighted by atomic mass is 16.5. The van der Waals surface area contributed by atoms with E-state index in [1.54, 1.807) is 0 Å². The van der Waals surface area contributed by atoms with Crippen LogP contribution >= 0.6 is 0 Å². The van der Waals surface area contributed by atoms with Gasteiger partial charge < -0.3 is 10.5 Å². The molecule has 0 aromatic heterocycles. The van der Waals surface area contributed by atoms with E-state index >= 15 is 0 Å². The molecule has 0 spiro atoms. The van der Waals surface area contributed by atoms with Gasteiger partial charge in [-0.3, -0.25) is 4.90 Å². The molecule has 2 rings (SSSR count). The lowest BCUT2D eigenvalue weighted by atomic mass is 10.0. The van der Waals surface area contributed by atoms with Crippen LogP contribution in [0.2, 0.25) is 0 Å². The summed E-state index contributed by atoms with van der Waals surface area (Å²) in [6, 6.07) is 11.0. The Labute approximate surface area is 97.2 Å². The highest BCUT2D eigenvalue weighted by Crippen LogP contribution is 2.10. The molecular weight excluding hydrogens is 200 g/mol. The number of nitrogens with two attached hydrogens (primary N) is 1. The highest BCUT2D eigenvalue weighted by molar-refractivity contribution is 5.16. The molecule has 1 fully saturated rings. The van der Waals surface area contributed by atoms with Crippen LogP contribution in [0.25, 0.3) is 0 Å². The quantitative estimate of drug-likeness (QED) is 0.819. The number of morpholine rings is 1. The Morgan fingerprint density at radius 3 is 2.50 bits per heavy atom. The van der Waals surface area contributed by atoms with Gasteiger partial charge in [-0.2, -0.15) is 0 Å². The molecular formula is C13H20N2O. The summed E-state index contributed by atoms with van der Waals surface area (Å²) in [5.41, 5.74) is 7.23. The van der Waals surface area contributed by atoms with Gasteiger partial charge in [0.25, 0.3) is 0 Å². The van der Waals surface area contributed by atoms with Crippen LogP contribution in [-0.2, 0) is 11.2 Å².